The number of thiocarbonyl (C=S) groups is 1. The molecule has 0 radical (unpaired) electrons. The summed E-state index contributed by atoms with van der Waals surface area (Å²) in [6.45, 7) is 2.22. The van der Waals surface area contributed by atoms with Crippen LogP contribution in [-0.4, -0.2) is 37.2 Å². The second-order valence-corrected chi connectivity index (χ2v) is 9.65. The van der Waals surface area contributed by atoms with Crippen molar-refractivity contribution in [2.45, 2.75) is 6.92 Å². The summed E-state index contributed by atoms with van der Waals surface area (Å²) >= 11 is 17.7. The predicted molar refractivity (Wildman–Crippen MR) is 142 cm³/mol. The zero-order valence-electron chi connectivity index (χ0n) is 19.6. The van der Waals surface area contributed by atoms with Gasteiger partial charge in [-0.1, -0.05) is 29.3 Å². The van der Waals surface area contributed by atoms with E-state index in [0.717, 1.165) is 10.5 Å². The van der Waals surface area contributed by atoms with Gasteiger partial charge in [0.15, 0.2) is 28.4 Å². The van der Waals surface area contributed by atoms with Crippen LogP contribution in [0, 0.1) is 36.0 Å². The second kappa shape index (κ2) is 11.3. The maximum atomic E-state index is 14.2. The average molecular weight is 589 g/mol. The highest BCUT2D eigenvalue weighted by molar-refractivity contribution is 7.80. The van der Waals surface area contributed by atoms with E-state index >= 15 is 0 Å². The summed E-state index contributed by atoms with van der Waals surface area (Å²) in [5.41, 5.74) is 1.31. The first-order chi connectivity index (χ1) is 18.0. The largest absolute Gasteiger partial charge is 0.367 e. The van der Waals surface area contributed by atoms with Crippen molar-refractivity contribution in [2.24, 2.45) is 0 Å². The van der Waals surface area contributed by atoms with Crippen molar-refractivity contribution in [2.75, 3.05) is 41.3 Å². The van der Waals surface area contributed by atoms with Gasteiger partial charge in [0.25, 0.3) is 5.91 Å². The molecule has 1 fully saturated rings. The zero-order valence-corrected chi connectivity index (χ0v) is 22.0. The Morgan fingerprint density at radius 2 is 1.39 bits per heavy atom. The van der Waals surface area contributed by atoms with Crippen LogP contribution in [-0.2, 0) is 0 Å². The van der Waals surface area contributed by atoms with Gasteiger partial charge >= 0.3 is 0 Å². The number of nitrogens with one attached hydrogen (secondary N) is 2. The Bertz CT molecular complexity index is 1400. The molecular formula is C25H19Cl2F5N4OS. The molecule has 13 heteroatoms. The number of carbonyl (C=O) groups is 1. The number of hydrogen-bond acceptors (Lipinski definition) is 4. The van der Waals surface area contributed by atoms with Crippen LogP contribution in [0.4, 0.5) is 39.0 Å². The fourth-order valence-electron chi connectivity index (χ4n) is 3.95. The summed E-state index contributed by atoms with van der Waals surface area (Å²) in [6.07, 6.45) is 0. The third-order valence-electron chi connectivity index (χ3n) is 5.99. The Balaban J connectivity index is 1.39. The van der Waals surface area contributed by atoms with Gasteiger partial charge in [-0.3, -0.25) is 10.1 Å². The third-order valence-corrected chi connectivity index (χ3v) is 6.90. The molecular weight excluding hydrogens is 570 g/mol. The molecule has 200 valence electrons. The SMILES string of the molecule is Cc1ccc(C(=O)NC(=S)Nc2ccc(N3CCN(c4c(F)c(F)c(F)c(F)c4F)CC3)c(Cl)c2)cc1Cl. The number of nitrogens with zero attached hydrogens (tertiary/aromatic N) is 2. The second-order valence-electron chi connectivity index (χ2n) is 8.43. The summed E-state index contributed by atoms with van der Waals surface area (Å²) in [6, 6.07) is 9.80. The lowest BCUT2D eigenvalue weighted by Crippen LogP contribution is -2.47. The van der Waals surface area contributed by atoms with E-state index in [2.05, 4.69) is 10.6 Å². The molecule has 1 saturated heterocycles. The lowest BCUT2D eigenvalue weighted by atomic mass is 10.1. The van der Waals surface area contributed by atoms with Crippen LogP contribution in [0.5, 0.6) is 0 Å². The molecule has 0 aromatic heterocycles. The Hall–Kier alpha value is -3.15. The highest BCUT2D eigenvalue weighted by Crippen LogP contribution is 2.33. The molecule has 0 bridgehead atoms. The number of aryl methyl sites for hydroxylation is 1. The number of benzene rings is 3. The number of amides is 1. The van der Waals surface area contributed by atoms with E-state index < -0.39 is 40.7 Å². The van der Waals surface area contributed by atoms with Crippen molar-refractivity contribution in [1.82, 2.24) is 5.32 Å². The quantitative estimate of drug-likeness (QED) is 0.159. The molecule has 1 heterocycles. The van der Waals surface area contributed by atoms with Crippen molar-refractivity contribution in [3.63, 3.8) is 0 Å². The lowest BCUT2D eigenvalue weighted by molar-refractivity contribution is 0.0977. The third kappa shape index (κ3) is 5.64. The summed E-state index contributed by atoms with van der Waals surface area (Å²) in [4.78, 5) is 15.3. The number of carbonyl (C=O) groups excluding carboxylic acids is 1. The van der Waals surface area contributed by atoms with Crippen LogP contribution >= 0.6 is 35.4 Å². The first kappa shape index (κ1) is 27.9. The van der Waals surface area contributed by atoms with E-state index in [-0.39, 0.29) is 31.3 Å². The number of anilines is 3. The van der Waals surface area contributed by atoms with Gasteiger partial charge in [-0.05, 0) is 55.0 Å². The van der Waals surface area contributed by atoms with E-state index in [1.807, 2.05) is 11.8 Å². The maximum Gasteiger partial charge on any atom is 0.257 e. The average Bonchev–Trinajstić information content (AvgIpc) is 2.88. The topological polar surface area (TPSA) is 47.6 Å². The molecule has 3 aromatic carbocycles. The van der Waals surface area contributed by atoms with Gasteiger partial charge in [0, 0.05) is 42.5 Å². The van der Waals surface area contributed by atoms with Crippen molar-refractivity contribution in [1.29, 1.82) is 0 Å². The number of hydrogen-bond donors (Lipinski definition) is 2. The summed E-state index contributed by atoms with van der Waals surface area (Å²) in [5.74, 6) is -10.3. The van der Waals surface area contributed by atoms with Gasteiger partial charge in [0.05, 0.1) is 10.7 Å². The van der Waals surface area contributed by atoms with Gasteiger partial charge in [0.1, 0.15) is 5.69 Å². The highest BCUT2D eigenvalue weighted by Gasteiger charge is 2.31. The summed E-state index contributed by atoms with van der Waals surface area (Å²) < 4.78 is 68.9. The minimum atomic E-state index is -2.19. The van der Waals surface area contributed by atoms with Crippen LogP contribution < -0.4 is 20.4 Å². The van der Waals surface area contributed by atoms with Crippen molar-refractivity contribution >= 4 is 63.5 Å². The minimum absolute atomic E-state index is 0.00612. The molecule has 0 spiro atoms. The molecule has 3 aromatic rings. The smallest absolute Gasteiger partial charge is 0.257 e. The summed E-state index contributed by atoms with van der Waals surface area (Å²) in [7, 11) is 0. The minimum Gasteiger partial charge on any atom is -0.367 e. The van der Waals surface area contributed by atoms with Crippen LogP contribution in [0.1, 0.15) is 15.9 Å². The number of halogens is 7. The van der Waals surface area contributed by atoms with E-state index in [9.17, 15) is 26.7 Å². The first-order valence-electron chi connectivity index (χ1n) is 11.2. The molecule has 5 nitrogen and oxygen atoms in total. The molecule has 1 amide bonds. The lowest BCUT2D eigenvalue weighted by Gasteiger charge is -2.38. The monoisotopic (exact) mass is 588 g/mol. The van der Waals surface area contributed by atoms with Crippen LogP contribution in [0.3, 0.4) is 0 Å². The van der Waals surface area contributed by atoms with Gasteiger partial charge in [-0.2, -0.15) is 0 Å². The molecule has 2 N–H and O–H groups in total. The van der Waals surface area contributed by atoms with E-state index in [1.165, 1.54) is 6.07 Å². The molecule has 0 aliphatic carbocycles. The summed E-state index contributed by atoms with van der Waals surface area (Å²) in [5, 5.41) is 6.23. The van der Waals surface area contributed by atoms with Crippen LogP contribution in [0.15, 0.2) is 36.4 Å². The van der Waals surface area contributed by atoms with Gasteiger partial charge in [-0.25, -0.2) is 22.0 Å². The first-order valence-corrected chi connectivity index (χ1v) is 12.3. The highest BCUT2D eigenvalue weighted by atomic mass is 35.5. The molecule has 0 saturated carbocycles. The maximum absolute atomic E-state index is 14.2. The molecule has 0 unspecified atom stereocenters. The van der Waals surface area contributed by atoms with Crippen LogP contribution in [0.2, 0.25) is 10.0 Å². The van der Waals surface area contributed by atoms with E-state index in [0.29, 0.717) is 27.0 Å². The fourth-order valence-corrected chi connectivity index (χ4v) is 4.65. The van der Waals surface area contributed by atoms with Crippen LogP contribution in [0.25, 0.3) is 0 Å². The number of rotatable bonds is 4. The molecule has 0 atom stereocenters. The van der Waals surface area contributed by atoms with Crippen molar-refractivity contribution in [3.8, 4) is 0 Å². The van der Waals surface area contributed by atoms with Gasteiger partial charge in [-0.15, -0.1) is 0 Å². The molecule has 1 aliphatic rings. The fraction of sp³-hybridized carbons (Fsp3) is 0.200. The molecule has 1 aliphatic heterocycles. The zero-order chi connectivity index (χ0) is 27.7. The van der Waals surface area contributed by atoms with Crippen molar-refractivity contribution in [3.05, 3.63) is 86.7 Å². The Labute approximate surface area is 230 Å². The normalized spacial score (nSPS) is 13.5. The number of piperazine rings is 1. The van der Waals surface area contributed by atoms with Gasteiger partial charge in [0.2, 0.25) is 5.82 Å². The Morgan fingerprint density at radius 1 is 0.816 bits per heavy atom. The van der Waals surface area contributed by atoms with Crippen molar-refractivity contribution < 1.29 is 26.7 Å². The standard InChI is InChI=1S/C25H19Cl2F5N4OS/c1-12-2-3-13(10-15(12)26)24(37)34-25(38)33-14-4-5-17(16(27)11-14)35-6-8-36(9-7-35)23-21(31)19(29)18(28)20(30)22(23)32/h2-5,10-11H,6-9H2,1H3,(H2,33,34,37,38). The molecule has 4 rings (SSSR count). The molecule has 38 heavy (non-hydrogen) atoms. The Morgan fingerprint density at radius 3 is 1.97 bits per heavy atom. The van der Waals surface area contributed by atoms with E-state index in [1.54, 1.807) is 30.3 Å². The Kier molecular flexibility index (Phi) is 8.29. The van der Waals surface area contributed by atoms with Gasteiger partial charge < -0.3 is 15.1 Å². The van der Waals surface area contributed by atoms with E-state index in [4.69, 9.17) is 35.4 Å². The predicted octanol–water partition coefficient (Wildman–Crippen LogP) is 6.45.